The van der Waals surface area contributed by atoms with Crippen LogP contribution in [0, 0.1) is 24.0 Å². The molecule has 21 heavy (non-hydrogen) atoms. The van der Waals surface area contributed by atoms with E-state index >= 15 is 0 Å². The molecule has 0 spiro atoms. The number of nitrogens with one attached hydrogen (secondary N) is 1. The lowest BCUT2D eigenvalue weighted by atomic mass is 10.1. The lowest BCUT2D eigenvalue weighted by Gasteiger charge is -2.05. The van der Waals surface area contributed by atoms with Crippen LogP contribution in [0.15, 0.2) is 40.9 Å². The molecular weight excluding hydrogens is 270 g/mol. The Morgan fingerprint density at radius 3 is 2.86 bits per heavy atom. The van der Waals surface area contributed by atoms with E-state index in [1.165, 1.54) is 18.3 Å². The van der Waals surface area contributed by atoms with E-state index in [-0.39, 0.29) is 11.5 Å². The fourth-order valence-electron chi connectivity index (χ4n) is 2.20. The first-order valence-electron chi connectivity index (χ1n) is 6.42. The monoisotopic (exact) mass is 283 g/mol. The number of hydrogen-bond donors (Lipinski definition) is 1. The number of rotatable bonds is 3. The zero-order valence-electron chi connectivity index (χ0n) is 11.6. The van der Waals surface area contributed by atoms with Crippen LogP contribution in [0.3, 0.4) is 0 Å². The van der Waals surface area contributed by atoms with Gasteiger partial charge in [0.2, 0.25) is 5.82 Å². The summed E-state index contributed by atoms with van der Waals surface area (Å²) in [5, 5.41) is 15.0. The smallest absolute Gasteiger partial charge is 0.311 e. The maximum atomic E-state index is 11.0. The molecule has 106 valence electrons. The molecule has 0 atom stereocenters. The van der Waals surface area contributed by atoms with Crippen molar-refractivity contribution in [3.8, 4) is 0 Å². The molecule has 1 aromatic carbocycles. The van der Waals surface area contributed by atoms with Crippen molar-refractivity contribution in [2.75, 3.05) is 5.32 Å². The number of anilines is 2. The number of hydrogen-bond acceptors (Lipinski definition) is 5. The molecule has 0 amide bonds. The summed E-state index contributed by atoms with van der Waals surface area (Å²) in [6.07, 6.45) is 1.51. The van der Waals surface area contributed by atoms with E-state index in [2.05, 4.69) is 10.3 Å². The molecule has 0 bridgehead atoms. The van der Waals surface area contributed by atoms with E-state index in [1.54, 1.807) is 0 Å². The van der Waals surface area contributed by atoms with Crippen LogP contribution >= 0.6 is 0 Å². The molecule has 6 heteroatoms. The minimum atomic E-state index is -0.457. The van der Waals surface area contributed by atoms with Gasteiger partial charge in [-0.05, 0) is 43.7 Å². The predicted octanol–water partition coefficient (Wildman–Crippen LogP) is 4.10. The van der Waals surface area contributed by atoms with Crippen LogP contribution in [0.5, 0.6) is 0 Å². The Morgan fingerprint density at radius 1 is 1.29 bits per heavy atom. The number of aryl methyl sites for hydroxylation is 2. The molecule has 0 unspecified atom stereocenters. The highest BCUT2D eigenvalue weighted by atomic mass is 16.6. The predicted molar refractivity (Wildman–Crippen MR) is 79.9 cm³/mol. The molecule has 3 rings (SSSR count). The molecule has 0 saturated heterocycles. The Balaban J connectivity index is 2.02. The van der Waals surface area contributed by atoms with Crippen LogP contribution in [0.1, 0.15) is 11.3 Å². The molecule has 0 saturated carbocycles. The summed E-state index contributed by atoms with van der Waals surface area (Å²) in [6.45, 7) is 3.89. The minimum absolute atomic E-state index is 0.0577. The van der Waals surface area contributed by atoms with E-state index < -0.39 is 4.92 Å². The average Bonchev–Trinajstić information content (AvgIpc) is 2.75. The summed E-state index contributed by atoms with van der Waals surface area (Å²) in [7, 11) is 0. The number of nitrogens with zero attached hydrogens (tertiary/aromatic N) is 2. The minimum Gasteiger partial charge on any atom is -0.461 e. The SMILES string of the molecule is Cc1oc2ccc(Nc3ncccc3[N+](=O)[O-])cc2c1C. The quantitative estimate of drug-likeness (QED) is 0.578. The first kappa shape index (κ1) is 13.1. The second-order valence-corrected chi connectivity index (χ2v) is 4.75. The summed E-state index contributed by atoms with van der Waals surface area (Å²) in [6, 6.07) is 8.51. The number of fused-ring (bicyclic) bond motifs is 1. The summed E-state index contributed by atoms with van der Waals surface area (Å²) in [4.78, 5) is 14.6. The van der Waals surface area contributed by atoms with Gasteiger partial charge in [-0.2, -0.15) is 0 Å². The Bertz CT molecular complexity index is 839. The fraction of sp³-hybridized carbons (Fsp3) is 0.133. The largest absolute Gasteiger partial charge is 0.461 e. The van der Waals surface area contributed by atoms with Crippen molar-refractivity contribution in [3.63, 3.8) is 0 Å². The first-order valence-corrected chi connectivity index (χ1v) is 6.42. The second-order valence-electron chi connectivity index (χ2n) is 4.75. The Kier molecular flexibility index (Phi) is 3.06. The second kappa shape index (κ2) is 4.90. The third-order valence-corrected chi connectivity index (χ3v) is 3.42. The van der Waals surface area contributed by atoms with Crippen molar-refractivity contribution in [3.05, 3.63) is 58.0 Å². The fourth-order valence-corrected chi connectivity index (χ4v) is 2.20. The zero-order valence-corrected chi connectivity index (χ0v) is 11.6. The third kappa shape index (κ3) is 2.31. The molecule has 3 aromatic rings. The van der Waals surface area contributed by atoms with Gasteiger partial charge in [0.1, 0.15) is 11.3 Å². The van der Waals surface area contributed by atoms with E-state index in [0.717, 1.165) is 28.0 Å². The molecule has 0 aliphatic carbocycles. The summed E-state index contributed by atoms with van der Waals surface area (Å²) < 4.78 is 5.61. The lowest BCUT2D eigenvalue weighted by molar-refractivity contribution is -0.384. The van der Waals surface area contributed by atoms with Gasteiger partial charge < -0.3 is 9.73 Å². The van der Waals surface area contributed by atoms with Gasteiger partial charge in [0.25, 0.3) is 0 Å². The third-order valence-electron chi connectivity index (χ3n) is 3.42. The maximum absolute atomic E-state index is 11.0. The van der Waals surface area contributed by atoms with Crippen LogP contribution in [-0.2, 0) is 0 Å². The molecule has 6 nitrogen and oxygen atoms in total. The van der Waals surface area contributed by atoms with Crippen molar-refractivity contribution >= 4 is 28.2 Å². The Morgan fingerprint density at radius 2 is 2.10 bits per heavy atom. The highest BCUT2D eigenvalue weighted by molar-refractivity contribution is 5.86. The standard InChI is InChI=1S/C15H13N3O3/c1-9-10(2)21-14-6-5-11(8-12(9)14)17-15-13(18(19)20)4-3-7-16-15/h3-8H,1-2H3,(H,16,17). The number of nitro groups is 1. The molecule has 1 N–H and O–H groups in total. The normalized spacial score (nSPS) is 10.8. The molecule has 0 fully saturated rings. The van der Waals surface area contributed by atoms with Gasteiger partial charge in [-0.15, -0.1) is 0 Å². The van der Waals surface area contributed by atoms with Crippen molar-refractivity contribution in [1.82, 2.24) is 4.98 Å². The number of benzene rings is 1. The first-order chi connectivity index (χ1) is 10.1. The maximum Gasteiger partial charge on any atom is 0.311 e. The summed E-state index contributed by atoms with van der Waals surface area (Å²) >= 11 is 0. The molecular formula is C15H13N3O3. The van der Waals surface area contributed by atoms with Crippen molar-refractivity contribution in [2.45, 2.75) is 13.8 Å². The zero-order chi connectivity index (χ0) is 15.0. The highest BCUT2D eigenvalue weighted by Gasteiger charge is 2.15. The number of pyridine rings is 1. The van der Waals surface area contributed by atoms with Crippen molar-refractivity contribution < 1.29 is 9.34 Å². The molecule has 2 aromatic heterocycles. The van der Waals surface area contributed by atoms with E-state index in [9.17, 15) is 10.1 Å². The number of furan rings is 1. The van der Waals surface area contributed by atoms with E-state index in [0.29, 0.717) is 0 Å². The van der Waals surface area contributed by atoms with Crippen LogP contribution in [-0.4, -0.2) is 9.91 Å². The Hall–Kier alpha value is -2.89. The van der Waals surface area contributed by atoms with Crippen molar-refractivity contribution in [1.29, 1.82) is 0 Å². The van der Waals surface area contributed by atoms with Gasteiger partial charge in [-0.3, -0.25) is 10.1 Å². The van der Waals surface area contributed by atoms with Crippen LogP contribution in [0.2, 0.25) is 0 Å². The van der Waals surface area contributed by atoms with Gasteiger partial charge in [-0.1, -0.05) is 0 Å². The topological polar surface area (TPSA) is 81.2 Å². The van der Waals surface area contributed by atoms with Crippen LogP contribution in [0.4, 0.5) is 17.2 Å². The molecule has 2 heterocycles. The van der Waals surface area contributed by atoms with Gasteiger partial charge >= 0.3 is 5.69 Å². The summed E-state index contributed by atoms with van der Waals surface area (Å²) in [5.41, 5.74) is 2.53. The molecule has 0 aliphatic heterocycles. The number of aromatic nitrogens is 1. The van der Waals surface area contributed by atoms with Gasteiger partial charge in [0.05, 0.1) is 4.92 Å². The highest BCUT2D eigenvalue weighted by Crippen LogP contribution is 2.30. The van der Waals surface area contributed by atoms with Crippen LogP contribution in [0.25, 0.3) is 11.0 Å². The average molecular weight is 283 g/mol. The van der Waals surface area contributed by atoms with Crippen molar-refractivity contribution in [2.24, 2.45) is 0 Å². The van der Waals surface area contributed by atoms with E-state index in [1.807, 2.05) is 32.0 Å². The Labute approximate surface area is 120 Å². The molecule has 0 radical (unpaired) electrons. The molecule has 0 aliphatic rings. The lowest BCUT2D eigenvalue weighted by Crippen LogP contribution is -1.99. The van der Waals surface area contributed by atoms with Gasteiger partial charge in [-0.25, -0.2) is 4.98 Å². The van der Waals surface area contributed by atoms with Gasteiger partial charge in [0.15, 0.2) is 0 Å². The van der Waals surface area contributed by atoms with Gasteiger partial charge in [0, 0.05) is 23.3 Å². The van der Waals surface area contributed by atoms with E-state index in [4.69, 9.17) is 4.42 Å². The van der Waals surface area contributed by atoms with Crippen LogP contribution < -0.4 is 5.32 Å². The summed E-state index contributed by atoms with van der Waals surface area (Å²) in [5.74, 6) is 1.09.